The Morgan fingerprint density at radius 1 is 1.10 bits per heavy atom. The fourth-order valence-electron chi connectivity index (χ4n) is 3.58. The van der Waals surface area contributed by atoms with Crippen LogP contribution in [0.2, 0.25) is 5.02 Å². The smallest absolute Gasteiger partial charge is 0.317 e. The second-order valence-electron chi connectivity index (χ2n) is 6.99. The largest absolute Gasteiger partial charge is 0.455 e. The lowest BCUT2D eigenvalue weighted by Crippen LogP contribution is -2.36. The van der Waals surface area contributed by atoms with E-state index >= 15 is 0 Å². The maximum Gasteiger partial charge on any atom is 0.317 e. The van der Waals surface area contributed by atoms with Crippen LogP contribution in [0.15, 0.2) is 53.4 Å². The van der Waals surface area contributed by atoms with Gasteiger partial charge < -0.3 is 10.1 Å². The number of carbonyl (C=O) groups excluding carboxylic acids is 2. The van der Waals surface area contributed by atoms with Crippen LogP contribution in [0.5, 0.6) is 0 Å². The summed E-state index contributed by atoms with van der Waals surface area (Å²) < 4.78 is 28.1. The van der Waals surface area contributed by atoms with Crippen LogP contribution >= 0.6 is 11.6 Å². The summed E-state index contributed by atoms with van der Waals surface area (Å²) in [4.78, 5) is 24.9. The van der Waals surface area contributed by atoms with Gasteiger partial charge in [-0.05, 0) is 48.7 Å². The molecule has 1 aliphatic carbocycles. The van der Waals surface area contributed by atoms with Crippen molar-refractivity contribution >= 4 is 39.2 Å². The van der Waals surface area contributed by atoms with Gasteiger partial charge in [-0.15, -0.1) is 0 Å². The molecule has 0 radical (unpaired) electrons. The van der Waals surface area contributed by atoms with Crippen molar-refractivity contribution in [2.75, 3.05) is 11.9 Å². The standard InChI is InChI=1S/C20H21ClN2O5S/c21-15-8-6-14(7-9-15)20(10-1-2-11-20)19(25)28-13-18(24)23-16-4-3-5-17(12-16)29(22,26)27/h3-9,12H,1-2,10-11,13H2,(H,23,24)(H2,22,26,27). The molecule has 1 amide bonds. The molecule has 0 unspecified atom stereocenters. The Kier molecular flexibility index (Phi) is 6.26. The van der Waals surface area contributed by atoms with E-state index in [2.05, 4.69) is 5.32 Å². The molecule has 3 N–H and O–H groups in total. The van der Waals surface area contributed by atoms with Crippen molar-refractivity contribution in [1.82, 2.24) is 0 Å². The summed E-state index contributed by atoms with van der Waals surface area (Å²) in [7, 11) is -3.89. The molecular weight excluding hydrogens is 416 g/mol. The van der Waals surface area contributed by atoms with Gasteiger partial charge in [-0.25, -0.2) is 13.6 Å². The second kappa shape index (κ2) is 8.52. The first kappa shape index (κ1) is 21.3. The van der Waals surface area contributed by atoms with Crippen molar-refractivity contribution in [3.05, 3.63) is 59.1 Å². The highest BCUT2D eigenvalue weighted by atomic mass is 35.5. The fraction of sp³-hybridized carbons (Fsp3) is 0.300. The van der Waals surface area contributed by atoms with Crippen LogP contribution in [-0.2, 0) is 29.8 Å². The van der Waals surface area contributed by atoms with Crippen molar-refractivity contribution in [2.45, 2.75) is 36.0 Å². The zero-order valence-electron chi connectivity index (χ0n) is 15.6. The van der Waals surface area contributed by atoms with E-state index in [1.54, 1.807) is 12.1 Å². The lowest BCUT2D eigenvalue weighted by atomic mass is 9.79. The predicted molar refractivity (Wildman–Crippen MR) is 109 cm³/mol. The van der Waals surface area contributed by atoms with Gasteiger partial charge in [-0.3, -0.25) is 9.59 Å². The van der Waals surface area contributed by atoms with E-state index in [1.165, 1.54) is 24.3 Å². The Morgan fingerprint density at radius 2 is 1.76 bits per heavy atom. The maximum absolute atomic E-state index is 12.9. The Bertz CT molecular complexity index is 1020. The van der Waals surface area contributed by atoms with Crippen LogP contribution in [0, 0.1) is 0 Å². The Balaban J connectivity index is 1.66. The quantitative estimate of drug-likeness (QED) is 0.675. The van der Waals surface area contributed by atoms with Gasteiger partial charge in [0.15, 0.2) is 6.61 Å². The van der Waals surface area contributed by atoms with Gasteiger partial charge in [0.05, 0.1) is 10.3 Å². The summed E-state index contributed by atoms with van der Waals surface area (Å²) in [5.74, 6) is -1.03. The molecule has 0 aromatic heterocycles. The number of hydrogen-bond acceptors (Lipinski definition) is 5. The summed E-state index contributed by atoms with van der Waals surface area (Å²) >= 11 is 5.95. The third kappa shape index (κ3) is 4.95. The third-order valence-corrected chi connectivity index (χ3v) is 6.19. The summed E-state index contributed by atoms with van der Waals surface area (Å²) in [5.41, 5.74) is 0.287. The monoisotopic (exact) mass is 436 g/mol. The van der Waals surface area contributed by atoms with E-state index in [0.717, 1.165) is 18.4 Å². The topological polar surface area (TPSA) is 116 Å². The number of anilines is 1. The van der Waals surface area contributed by atoms with Gasteiger partial charge in [0.1, 0.15) is 0 Å². The number of nitrogens with one attached hydrogen (secondary N) is 1. The minimum absolute atomic E-state index is 0.125. The molecule has 0 aliphatic heterocycles. The number of ether oxygens (including phenoxy) is 1. The Labute approximate surface area is 174 Å². The third-order valence-electron chi connectivity index (χ3n) is 5.03. The van der Waals surface area contributed by atoms with E-state index in [1.807, 2.05) is 12.1 Å². The Morgan fingerprint density at radius 3 is 2.38 bits per heavy atom. The molecule has 1 fully saturated rings. The summed E-state index contributed by atoms with van der Waals surface area (Å²) in [6.07, 6.45) is 3.07. The SMILES string of the molecule is NS(=O)(=O)c1cccc(NC(=O)COC(=O)C2(c3ccc(Cl)cc3)CCCC2)c1. The number of nitrogens with two attached hydrogens (primary N) is 1. The number of esters is 1. The summed E-state index contributed by atoms with van der Waals surface area (Å²) in [6.45, 7) is -0.478. The number of sulfonamides is 1. The normalized spacial score (nSPS) is 15.7. The van der Waals surface area contributed by atoms with Crippen molar-refractivity contribution < 1.29 is 22.7 Å². The molecule has 3 rings (SSSR count). The van der Waals surface area contributed by atoms with E-state index in [4.69, 9.17) is 21.5 Å². The van der Waals surface area contributed by atoms with Crippen LogP contribution < -0.4 is 10.5 Å². The molecule has 1 aliphatic rings. The molecule has 0 atom stereocenters. The molecule has 0 heterocycles. The lowest BCUT2D eigenvalue weighted by Gasteiger charge is -2.27. The fourth-order valence-corrected chi connectivity index (χ4v) is 4.26. The van der Waals surface area contributed by atoms with Gasteiger partial charge in [-0.1, -0.05) is 42.6 Å². The highest BCUT2D eigenvalue weighted by Gasteiger charge is 2.44. The minimum Gasteiger partial charge on any atom is -0.455 e. The molecule has 1 saturated carbocycles. The van der Waals surface area contributed by atoms with Gasteiger partial charge in [-0.2, -0.15) is 0 Å². The first-order valence-electron chi connectivity index (χ1n) is 9.07. The number of halogens is 1. The number of benzene rings is 2. The summed E-state index contributed by atoms with van der Waals surface area (Å²) in [5, 5.41) is 8.17. The van der Waals surface area contributed by atoms with Gasteiger partial charge in [0.2, 0.25) is 10.0 Å². The number of primary sulfonamides is 1. The van der Waals surface area contributed by atoms with Crippen LogP contribution in [0.3, 0.4) is 0 Å². The zero-order chi connectivity index (χ0) is 21.1. The second-order valence-corrected chi connectivity index (χ2v) is 8.99. The van der Waals surface area contributed by atoms with Gasteiger partial charge in [0.25, 0.3) is 5.91 Å². The van der Waals surface area contributed by atoms with Crippen LogP contribution in [0.4, 0.5) is 5.69 Å². The Hall–Kier alpha value is -2.42. The highest BCUT2D eigenvalue weighted by molar-refractivity contribution is 7.89. The molecule has 7 nitrogen and oxygen atoms in total. The van der Waals surface area contributed by atoms with Crippen molar-refractivity contribution in [3.8, 4) is 0 Å². The minimum atomic E-state index is -3.89. The van der Waals surface area contributed by atoms with Crippen LogP contribution in [0.1, 0.15) is 31.2 Å². The highest BCUT2D eigenvalue weighted by Crippen LogP contribution is 2.42. The number of rotatable bonds is 6. The van der Waals surface area contributed by atoms with E-state index in [-0.39, 0.29) is 10.6 Å². The molecule has 0 spiro atoms. The number of hydrogen-bond donors (Lipinski definition) is 2. The van der Waals surface area contributed by atoms with Gasteiger partial charge >= 0.3 is 5.97 Å². The predicted octanol–water partition coefficient (Wildman–Crippen LogP) is 2.98. The molecule has 29 heavy (non-hydrogen) atoms. The number of carbonyl (C=O) groups is 2. The van der Waals surface area contributed by atoms with E-state index in [9.17, 15) is 18.0 Å². The average molecular weight is 437 g/mol. The van der Waals surface area contributed by atoms with Crippen molar-refractivity contribution in [3.63, 3.8) is 0 Å². The van der Waals surface area contributed by atoms with Crippen molar-refractivity contribution in [2.24, 2.45) is 5.14 Å². The van der Waals surface area contributed by atoms with Crippen LogP contribution in [-0.4, -0.2) is 26.9 Å². The molecule has 2 aromatic carbocycles. The van der Waals surface area contributed by atoms with Crippen LogP contribution in [0.25, 0.3) is 0 Å². The maximum atomic E-state index is 12.9. The number of amides is 1. The van der Waals surface area contributed by atoms with E-state index in [0.29, 0.717) is 17.9 Å². The molecule has 2 aromatic rings. The molecule has 0 saturated heterocycles. The zero-order valence-corrected chi connectivity index (χ0v) is 17.1. The first-order chi connectivity index (χ1) is 13.7. The molecule has 0 bridgehead atoms. The van der Waals surface area contributed by atoms with E-state index < -0.39 is 33.9 Å². The summed E-state index contributed by atoms with van der Waals surface area (Å²) in [6, 6.07) is 12.6. The first-order valence-corrected chi connectivity index (χ1v) is 11.0. The molecule has 9 heteroatoms. The van der Waals surface area contributed by atoms with Crippen molar-refractivity contribution in [1.29, 1.82) is 0 Å². The average Bonchev–Trinajstić information content (AvgIpc) is 3.17. The molecular formula is C20H21ClN2O5S. The molecule has 154 valence electrons. The van der Waals surface area contributed by atoms with Gasteiger partial charge in [0, 0.05) is 10.7 Å². The lowest BCUT2D eigenvalue weighted by molar-refractivity contribution is -0.153.